The Kier molecular flexibility index (Phi) is 6.61. The largest absolute Gasteiger partial charge is 0.466 e. The fraction of sp³-hybridized carbons (Fsp3) is 0.387. The van der Waals surface area contributed by atoms with Crippen LogP contribution in [0.1, 0.15) is 25.3 Å². The fourth-order valence-corrected chi connectivity index (χ4v) is 6.90. The highest BCUT2D eigenvalue weighted by atomic mass is 16.6. The predicted octanol–water partition coefficient (Wildman–Crippen LogP) is 3.32. The number of benzene rings is 3. The first kappa shape index (κ1) is 25.5. The Hall–Kier alpha value is -3.75. The molecule has 6 rings (SSSR count). The number of anilines is 1. The SMILES string of the molecule is CCOC(=O)[C@@H]1[C@H]2C(=O)N([C@@H](CO)Cc3ccccc3)[C@H](C(=O)Nc3ccc4ccccc4c3)[C@]23CC[C@H]1O3. The molecule has 3 aliphatic rings. The van der Waals surface area contributed by atoms with Gasteiger partial charge in [-0.1, -0.05) is 60.7 Å². The van der Waals surface area contributed by atoms with Crippen LogP contribution in [0.2, 0.25) is 0 Å². The first-order chi connectivity index (χ1) is 19.0. The molecule has 3 aliphatic heterocycles. The Morgan fingerprint density at radius 3 is 2.59 bits per heavy atom. The quantitative estimate of drug-likeness (QED) is 0.435. The van der Waals surface area contributed by atoms with Crippen LogP contribution in [0.5, 0.6) is 0 Å². The standard InChI is InChI=1S/C31H32N2O6/c1-2-38-30(37)25-24-14-15-31(39-24)26(25)29(36)33(23(18-34)16-19-8-4-3-5-9-19)27(31)28(35)32-22-13-12-20-10-6-7-11-21(20)17-22/h3-13,17,23-27,34H,2,14-16,18H2,1H3,(H,32,35)/t23-,24-,25+,26+,27-,31+/m1/s1. The number of nitrogens with zero attached hydrogens (tertiary/aromatic N) is 1. The molecule has 0 unspecified atom stereocenters. The summed E-state index contributed by atoms with van der Waals surface area (Å²) in [6.07, 6.45) is 0.917. The molecule has 3 heterocycles. The Balaban J connectivity index is 1.38. The number of aliphatic hydroxyl groups excluding tert-OH is 1. The second kappa shape index (κ2) is 10.1. The van der Waals surface area contributed by atoms with Gasteiger partial charge >= 0.3 is 5.97 Å². The molecule has 3 aromatic carbocycles. The molecule has 8 heteroatoms. The van der Waals surface area contributed by atoms with Crippen molar-refractivity contribution in [3.05, 3.63) is 78.4 Å². The van der Waals surface area contributed by atoms with Crippen molar-refractivity contribution in [3.8, 4) is 0 Å². The van der Waals surface area contributed by atoms with E-state index < -0.39 is 47.5 Å². The maximum absolute atomic E-state index is 14.2. The van der Waals surface area contributed by atoms with Crippen LogP contribution in [0.15, 0.2) is 72.8 Å². The molecule has 0 radical (unpaired) electrons. The molecule has 202 valence electrons. The molecule has 3 fully saturated rings. The van der Waals surface area contributed by atoms with Gasteiger partial charge in [0.15, 0.2) is 0 Å². The third-order valence-electron chi connectivity index (χ3n) is 8.48. The van der Waals surface area contributed by atoms with E-state index in [1.165, 1.54) is 4.90 Å². The summed E-state index contributed by atoms with van der Waals surface area (Å²) in [4.78, 5) is 42.8. The number of nitrogens with one attached hydrogen (secondary N) is 1. The summed E-state index contributed by atoms with van der Waals surface area (Å²) in [6, 6.07) is 21.4. The first-order valence-corrected chi connectivity index (χ1v) is 13.6. The lowest BCUT2D eigenvalue weighted by Gasteiger charge is -2.36. The van der Waals surface area contributed by atoms with Gasteiger partial charge in [0, 0.05) is 5.69 Å². The molecule has 0 saturated carbocycles. The van der Waals surface area contributed by atoms with Crippen molar-refractivity contribution in [2.24, 2.45) is 11.8 Å². The number of hydrogen-bond donors (Lipinski definition) is 2. The molecule has 0 aliphatic carbocycles. The number of carbonyl (C=O) groups is 3. The third kappa shape index (κ3) is 4.19. The molecule has 0 aromatic heterocycles. The van der Waals surface area contributed by atoms with E-state index in [9.17, 15) is 19.5 Å². The first-order valence-electron chi connectivity index (χ1n) is 13.6. The van der Waals surface area contributed by atoms with Gasteiger partial charge in [-0.2, -0.15) is 0 Å². The minimum absolute atomic E-state index is 0.193. The van der Waals surface area contributed by atoms with Gasteiger partial charge in [0.1, 0.15) is 11.6 Å². The fourth-order valence-electron chi connectivity index (χ4n) is 6.90. The number of fused-ring (bicyclic) bond motifs is 2. The second-order valence-corrected chi connectivity index (χ2v) is 10.6. The number of rotatable bonds is 8. The van der Waals surface area contributed by atoms with Gasteiger partial charge in [-0.15, -0.1) is 0 Å². The maximum Gasteiger partial charge on any atom is 0.312 e. The average molecular weight is 529 g/mol. The Bertz CT molecular complexity index is 1410. The smallest absolute Gasteiger partial charge is 0.312 e. The second-order valence-electron chi connectivity index (χ2n) is 10.6. The van der Waals surface area contributed by atoms with Crippen molar-refractivity contribution < 1.29 is 29.0 Å². The van der Waals surface area contributed by atoms with E-state index in [1.54, 1.807) is 6.92 Å². The summed E-state index contributed by atoms with van der Waals surface area (Å²) in [5, 5.41) is 15.5. The highest BCUT2D eigenvalue weighted by Gasteiger charge is 2.75. The Morgan fingerprint density at radius 2 is 1.85 bits per heavy atom. The average Bonchev–Trinajstić information content (AvgIpc) is 3.59. The van der Waals surface area contributed by atoms with Gasteiger partial charge in [-0.3, -0.25) is 14.4 Å². The molecule has 2 N–H and O–H groups in total. The Labute approximate surface area is 226 Å². The topological polar surface area (TPSA) is 105 Å². The van der Waals surface area contributed by atoms with Crippen molar-refractivity contribution in [2.75, 3.05) is 18.5 Å². The number of hydrogen-bond acceptors (Lipinski definition) is 6. The molecule has 1 spiro atoms. The minimum atomic E-state index is -1.16. The monoisotopic (exact) mass is 528 g/mol. The van der Waals surface area contributed by atoms with E-state index in [2.05, 4.69) is 5.32 Å². The summed E-state index contributed by atoms with van der Waals surface area (Å²) >= 11 is 0. The van der Waals surface area contributed by atoms with Gasteiger partial charge < -0.3 is 24.8 Å². The van der Waals surface area contributed by atoms with Crippen LogP contribution in [-0.2, 0) is 30.3 Å². The van der Waals surface area contributed by atoms with E-state index in [-0.39, 0.29) is 19.1 Å². The maximum atomic E-state index is 14.2. The minimum Gasteiger partial charge on any atom is -0.466 e. The lowest BCUT2D eigenvalue weighted by molar-refractivity contribution is -0.155. The predicted molar refractivity (Wildman–Crippen MR) is 145 cm³/mol. The summed E-state index contributed by atoms with van der Waals surface area (Å²) in [6.45, 7) is 1.58. The lowest BCUT2D eigenvalue weighted by Crippen LogP contribution is -2.56. The zero-order valence-electron chi connectivity index (χ0n) is 21.8. The molecule has 2 bridgehead atoms. The van der Waals surface area contributed by atoms with Crippen LogP contribution in [0.3, 0.4) is 0 Å². The van der Waals surface area contributed by atoms with E-state index in [0.29, 0.717) is 24.9 Å². The number of likely N-dealkylation sites (tertiary alicyclic amines) is 1. The van der Waals surface area contributed by atoms with Crippen molar-refractivity contribution in [1.29, 1.82) is 0 Å². The number of aliphatic hydroxyl groups is 1. The Morgan fingerprint density at radius 1 is 1.10 bits per heavy atom. The van der Waals surface area contributed by atoms with Crippen LogP contribution in [0, 0.1) is 11.8 Å². The number of amides is 2. The van der Waals surface area contributed by atoms with E-state index in [4.69, 9.17) is 9.47 Å². The number of carbonyl (C=O) groups excluding carboxylic acids is 3. The van der Waals surface area contributed by atoms with Crippen molar-refractivity contribution in [2.45, 2.75) is 50.0 Å². The van der Waals surface area contributed by atoms with Gasteiger partial charge in [-0.05, 0) is 54.7 Å². The molecule has 6 atom stereocenters. The summed E-state index contributed by atoms with van der Waals surface area (Å²) in [7, 11) is 0. The van der Waals surface area contributed by atoms with Gasteiger partial charge in [0.2, 0.25) is 11.8 Å². The van der Waals surface area contributed by atoms with Crippen LogP contribution in [0.25, 0.3) is 10.8 Å². The van der Waals surface area contributed by atoms with Crippen molar-refractivity contribution >= 4 is 34.2 Å². The zero-order chi connectivity index (χ0) is 27.1. The summed E-state index contributed by atoms with van der Waals surface area (Å²) < 4.78 is 11.8. The molecular weight excluding hydrogens is 496 g/mol. The third-order valence-corrected chi connectivity index (χ3v) is 8.48. The van der Waals surface area contributed by atoms with E-state index in [0.717, 1.165) is 16.3 Å². The highest BCUT2D eigenvalue weighted by molar-refractivity contribution is 6.04. The molecule has 3 saturated heterocycles. The van der Waals surface area contributed by atoms with E-state index >= 15 is 0 Å². The van der Waals surface area contributed by atoms with E-state index in [1.807, 2.05) is 72.8 Å². The zero-order valence-corrected chi connectivity index (χ0v) is 21.8. The van der Waals surface area contributed by atoms with Crippen LogP contribution in [-0.4, -0.2) is 64.8 Å². The number of ether oxygens (including phenoxy) is 2. The van der Waals surface area contributed by atoms with Gasteiger partial charge in [-0.25, -0.2) is 0 Å². The van der Waals surface area contributed by atoms with Gasteiger partial charge in [0.05, 0.1) is 37.2 Å². The molecule has 3 aromatic rings. The van der Waals surface area contributed by atoms with Crippen molar-refractivity contribution in [3.63, 3.8) is 0 Å². The molecule has 2 amide bonds. The number of esters is 1. The highest BCUT2D eigenvalue weighted by Crippen LogP contribution is 2.59. The van der Waals surface area contributed by atoms with Crippen LogP contribution < -0.4 is 5.32 Å². The normalized spacial score (nSPS) is 27.9. The van der Waals surface area contributed by atoms with Crippen LogP contribution >= 0.6 is 0 Å². The molecule has 8 nitrogen and oxygen atoms in total. The molecule has 39 heavy (non-hydrogen) atoms. The van der Waals surface area contributed by atoms with Crippen molar-refractivity contribution in [1.82, 2.24) is 4.90 Å². The van der Waals surface area contributed by atoms with Crippen LogP contribution in [0.4, 0.5) is 5.69 Å². The molecular formula is C31H32N2O6. The lowest BCUT2D eigenvalue weighted by atomic mass is 9.70. The van der Waals surface area contributed by atoms with Gasteiger partial charge in [0.25, 0.3) is 0 Å². The summed E-state index contributed by atoms with van der Waals surface area (Å²) in [5.74, 6) is -2.82. The summed E-state index contributed by atoms with van der Waals surface area (Å²) in [5.41, 5.74) is 0.369.